The van der Waals surface area contributed by atoms with Crippen molar-refractivity contribution < 1.29 is 4.42 Å². The Hall–Kier alpha value is -5.92. The molecular formula is C44H26O. The first-order valence-electron chi connectivity index (χ1n) is 15.5. The molecule has 0 N–H and O–H groups in total. The zero-order chi connectivity index (χ0) is 29.5. The molecule has 1 heterocycles. The molecule has 0 aliphatic heterocycles. The summed E-state index contributed by atoms with van der Waals surface area (Å²) in [6.45, 7) is 0. The van der Waals surface area contributed by atoms with Gasteiger partial charge in [-0.05, 0) is 100 Å². The number of benzene rings is 9. The Labute approximate surface area is 259 Å². The molecule has 1 aromatic heterocycles. The fraction of sp³-hybridized carbons (Fsp3) is 0. The Balaban J connectivity index is 1.29. The average Bonchev–Trinajstić information content (AvgIpc) is 3.49. The van der Waals surface area contributed by atoms with Crippen LogP contribution >= 0.6 is 0 Å². The standard InChI is InChI=1S/C44H26O/c1-3-11-32-27(9-1)17-18-29-19-20-30(25-38(29)32)42-34-13-5-7-15-36(34)43(37-16-8-6-14-35(37)42)31-22-23-40-39(26-31)44-33-12-4-2-10-28(33)21-24-41(44)45-40/h1-26H. The second-order valence-corrected chi connectivity index (χ2v) is 12.0. The molecule has 0 bridgehead atoms. The molecule has 0 fully saturated rings. The molecule has 0 aliphatic rings. The van der Waals surface area contributed by atoms with Crippen molar-refractivity contribution in [3.8, 4) is 22.3 Å². The van der Waals surface area contributed by atoms with E-state index in [-0.39, 0.29) is 0 Å². The molecule has 1 heteroatoms. The van der Waals surface area contributed by atoms with E-state index < -0.39 is 0 Å². The molecule has 1 nitrogen and oxygen atoms in total. The Morgan fingerprint density at radius 2 is 0.711 bits per heavy atom. The summed E-state index contributed by atoms with van der Waals surface area (Å²) in [5, 5.41) is 14.9. The summed E-state index contributed by atoms with van der Waals surface area (Å²) in [6.07, 6.45) is 0. The van der Waals surface area contributed by atoms with Crippen molar-refractivity contribution in [2.24, 2.45) is 0 Å². The van der Waals surface area contributed by atoms with Crippen molar-refractivity contribution in [3.05, 3.63) is 158 Å². The predicted octanol–water partition coefficient (Wildman–Crippen LogP) is 12.7. The van der Waals surface area contributed by atoms with Gasteiger partial charge in [0.1, 0.15) is 11.2 Å². The zero-order valence-electron chi connectivity index (χ0n) is 24.4. The molecule has 0 atom stereocenters. The van der Waals surface area contributed by atoms with Crippen LogP contribution in [0.4, 0.5) is 0 Å². The molecule has 0 radical (unpaired) electrons. The second kappa shape index (κ2) is 9.29. The van der Waals surface area contributed by atoms with Gasteiger partial charge in [-0.2, -0.15) is 0 Å². The van der Waals surface area contributed by atoms with Crippen LogP contribution in [0.1, 0.15) is 0 Å². The van der Waals surface area contributed by atoms with Crippen LogP contribution in [0.2, 0.25) is 0 Å². The van der Waals surface area contributed by atoms with Crippen molar-refractivity contribution in [2.75, 3.05) is 0 Å². The minimum Gasteiger partial charge on any atom is -0.456 e. The summed E-state index contributed by atoms with van der Waals surface area (Å²) < 4.78 is 6.37. The van der Waals surface area contributed by atoms with Crippen LogP contribution in [0.5, 0.6) is 0 Å². The van der Waals surface area contributed by atoms with E-state index in [9.17, 15) is 0 Å². The summed E-state index contributed by atoms with van der Waals surface area (Å²) in [7, 11) is 0. The molecule has 10 aromatic rings. The van der Waals surface area contributed by atoms with E-state index in [1.54, 1.807) is 0 Å². The maximum absolute atomic E-state index is 6.37. The highest BCUT2D eigenvalue weighted by molar-refractivity contribution is 6.24. The van der Waals surface area contributed by atoms with E-state index in [0.29, 0.717) is 0 Å². The van der Waals surface area contributed by atoms with Crippen molar-refractivity contribution in [1.29, 1.82) is 0 Å². The van der Waals surface area contributed by atoms with Crippen LogP contribution in [-0.2, 0) is 0 Å². The van der Waals surface area contributed by atoms with Gasteiger partial charge in [0.2, 0.25) is 0 Å². The average molecular weight is 571 g/mol. The highest BCUT2D eigenvalue weighted by Gasteiger charge is 2.19. The van der Waals surface area contributed by atoms with Gasteiger partial charge in [-0.15, -0.1) is 0 Å². The molecule has 0 saturated heterocycles. The number of hydrogen-bond donors (Lipinski definition) is 0. The minimum atomic E-state index is 0.915. The molecule has 0 amide bonds. The van der Waals surface area contributed by atoms with Gasteiger partial charge in [-0.1, -0.05) is 133 Å². The fourth-order valence-corrected chi connectivity index (χ4v) is 7.61. The third kappa shape index (κ3) is 3.56. The summed E-state index contributed by atoms with van der Waals surface area (Å²) in [5.41, 5.74) is 6.81. The number of furan rings is 1. The van der Waals surface area contributed by atoms with Gasteiger partial charge in [0.05, 0.1) is 0 Å². The van der Waals surface area contributed by atoms with Crippen LogP contribution in [0.25, 0.3) is 98.1 Å². The van der Waals surface area contributed by atoms with Crippen molar-refractivity contribution in [3.63, 3.8) is 0 Å². The van der Waals surface area contributed by atoms with Gasteiger partial charge in [-0.25, -0.2) is 0 Å². The van der Waals surface area contributed by atoms with E-state index in [4.69, 9.17) is 4.42 Å². The van der Waals surface area contributed by atoms with Crippen molar-refractivity contribution in [2.45, 2.75) is 0 Å². The van der Waals surface area contributed by atoms with E-state index in [1.807, 2.05) is 0 Å². The molecule has 9 aromatic carbocycles. The van der Waals surface area contributed by atoms with Gasteiger partial charge in [0.25, 0.3) is 0 Å². The second-order valence-electron chi connectivity index (χ2n) is 12.0. The molecule has 0 saturated carbocycles. The lowest BCUT2D eigenvalue weighted by Gasteiger charge is -2.18. The SMILES string of the molecule is c1ccc2c(c1)ccc1ccc(-c3c4ccccc4c(-c4ccc5oc6ccc7ccccc7c6c5c4)c4ccccc34)cc12. The molecule has 208 valence electrons. The first kappa shape index (κ1) is 24.5. The maximum atomic E-state index is 6.37. The molecule has 0 aliphatic carbocycles. The first-order valence-corrected chi connectivity index (χ1v) is 15.5. The Morgan fingerprint density at radius 1 is 0.289 bits per heavy atom. The van der Waals surface area contributed by atoms with Gasteiger partial charge in [0.15, 0.2) is 0 Å². The Kier molecular flexibility index (Phi) is 5.06. The Bertz CT molecular complexity index is 2760. The van der Waals surface area contributed by atoms with Crippen LogP contribution in [0, 0.1) is 0 Å². The summed E-state index contributed by atoms with van der Waals surface area (Å²) in [4.78, 5) is 0. The van der Waals surface area contributed by atoms with Crippen molar-refractivity contribution in [1.82, 2.24) is 0 Å². The summed E-state index contributed by atoms with van der Waals surface area (Å²) in [5.74, 6) is 0. The lowest BCUT2D eigenvalue weighted by molar-refractivity contribution is 0.669. The fourth-order valence-electron chi connectivity index (χ4n) is 7.61. The monoisotopic (exact) mass is 570 g/mol. The molecule has 10 rings (SSSR count). The lowest BCUT2D eigenvalue weighted by atomic mass is 9.85. The molecular weight excluding hydrogens is 544 g/mol. The van der Waals surface area contributed by atoms with Gasteiger partial charge in [0, 0.05) is 10.8 Å². The maximum Gasteiger partial charge on any atom is 0.136 e. The van der Waals surface area contributed by atoms with Crippen LogP contribution in [-0.4, -0.2) is 0 Å². The first-order chi connectivity index (χ1) is 22.3. The van der Waals surface area contributed by atoms with Crippen LogP contribution in [0.15, 0.2) is 162 Å². The number of fused-ring (bicyclic) bond motifs is 10. The predicted molar refractivity (Wildman–Crippen MR) is 192 cm³/mol. The summed E-state index contributed by atoms with van der Waals surface area (Å²) >= 11 is 0. The quantitative estimate of drug-likeness (QED) is 0.149. The van der Waals surface area contributed by atoms with Crippen LogP contribution < -0.4 is 0 Å². The van der Waals surface area contributed by atoms with Crippen molar-refractivity contribution >= 4 is 75.8 Å². The van der Waals surface area contributed by atoms with E-state index in [0.717, 1.165) is 16.6 Å². The topological polar surface area (TPSA) is 13.1 Å². The molecule has 0 spiro atoms. The molecule has 0 unspecified atom stereocenters. The highest BCUT2D eigenvalue weighted by Crippen LogP contribution is 2.46. The smallest absolute Gasteiger partial charge is 0.136 e. The van der Waals surface area contributed by atoms with E-state index in [1.165, 1.54) is 81.5 Å². The van der Waals surface area contributed by atoms with Crippen LogP contribution in [0.3, 0.4) is 0 Å². The minimum absolute atomic E-state index is 0.915. The Morgan fingerprint density at radius 3 is 1.36 bits per heavy atom. The van der Waals surface area contributed by atoms with Gasteiger partial charge >= 0.3 is 0 Å². The third-order valence-corrected chi connectivity index (χ3v) is 9.62. The zero-order valence-corrected chi connectivity index (χ0v) is 24.4. The normalized spacial score (nSPS) is 12.0. The third-order valence-electron chi connectivity index (χ3n) is 9.62. The summed E-state index contributed by atoms with van der Waals surface area (Å²) in [6, 6.07) is 57.4. The van der Waals surface area contributed by atoms with E-state index >= 15 is 0 Å². The lowest BCUT2D eigenvalue weighted by Crippen LogP contribution is -1.91. The number of rotatable bonds is 2. The van der Waals surface area contributed by atoms with Gasteiger partial charge in [-0.3, -0.25) is 0 Å². The molecule has 45 heavy (non-hydrogen) atoms. The van der Waals surface area contributed by atoms with E-state index in [2.05, 4.69) is 158 Å². The largest absolute Gasteiger partial charge is 0.456 e. The highest BCUT2D eigenvalue weighted by atomic mass is 16.3. The van der Waals surface area contributed by atoms with Gasteiger partial charge < -0.3 is 4.42 Å². The number of hydrogen-bond acceptors (Lipinski definition) is 1.